The summed E-state index contributed by atoms with van der Waals surface area (Å²) >= 11 is 0. The maximum atomic E-state index is 9.89. The summed E-state index contributed by atoms with van der Waals surface area (Å²) in [5.74, 6) is 0.392. The van der Waals surface area contributed by atoms with Crippen LogP contribution in [0.5, 0.6) is 0 Å². The number of aliphatic hydroxyl groups is 1. The van der Waals surface area contributed by atoms with Gasteiger partial charge in [-0.1, -0.05) is 45.6 Å². The van der Waals surface area contributed by atoms with E-state index >= 15 is 0 Å². The fourth-order valence-electron chi connectivity index (χ4n) is 3.32. The largest absolute Gasteiger partial charge is 0.374 e. The molecule has 2 atom stereocenters. The Morgan fingerprint density at radius 3 is 2.42 bits per heavy atom. The van der Waals surface area contributed by atoms with Crippen LogP contribution in [-0.4, -0.2) is 31.3 Å². The molecule has 0 saturated carbocycles. The average molecular weight is 489 g/mol. The molecule has 36 heavy (non-hydrogen) atoms. The number of benzene rings is 1. The van der Waals surface area contributed by atoms with Crippen molar-refractivity contribution >= 4 is 11.6 Å². The van der Waals surface area contributed by atoms with Crippen LogP contribution in [0.3, 0.4) is 0 Å². The molecule has 2 heterocycles. The van der Waals surface area contributed by atoms with Gasteiger partial charge in [-0.3, -0.25) is 4.98 Å². The molecular weight excluding hydrogens is 448 g/mol. The van der Waals surface area contributed by atoms with Gasteiger partial charge in [-0.15, -0.1) is 12.3 Å². The van der Waals surface area contributed by atoms with Crippen molar-refractivity contribution in [3.05, 3.63) is 91.0 Å². The Hall–Kier alpha value is -3.80. The first-order chi connectivity index (χ1) is 17.3. The van der Waals surface area contributed by atoms with E-state index < -0.39 is 11.6 Å². The van der Waals surface area contributed by atoms with Crippen LogP contribution in [0.4, 0.5) is 11.6 Å². The van der Waals surface area contributed by atoms with E-state index in [1.807, 2.05) is 50.3 Å². The number of nitrogens with zero attached hydrogens (tertiary/aromatic N) is 4. The lowest BCUT2D eigenvalue weighted by molar-refractivity contribution is 0.198. The normalized spacial score (nSPS) is 12.7. The van der Waals surface area contributed by atoms with Gasteiger partial charge >= 0.3 is 0 Å². The summed E-state index contributed by atoms with van der Waals surface area (Å²) < 4.78 is 0. The highest BCUT2D eigenvalue weighted by Gasteiger charge is 2.32. The number of hydrogen-bond donors (Lipinski definition) is 3. The predicted octanol–water partition coefficient (Wildman–Crippen LogP) is 6.66. The number of aromatic nitrogens is 4. The minimum absolute atomic E-state index is 0. The quantitative estimate of drug-likeness (QED) is 0.167. The third-order valence-corrected chi connectivity index (χ3v) is 5.83. The van der Waals surface area contributed by atoms with Crippen molar-refractivity contribution in [2.24, 2.45) is 0 Å². The van der Waals surface area contributed by atoms with Gasteiger partial charge in [0.25, 0.3) is 0 Å². The Balaban J connectivity index is 0.00000127. The third kappa shape index (κ3) is 7.60. The molecule has 2 aromatic heterocycles. The standard InChI is InChI=1S/C25H30N6O.C4H8.H2/c1-6-21(25(5,8-3)22-13-14-27-24(30-22)31-23(32)7-2)29-19-11-9-18(10-12-19)20-16-26-15-17(4)28-20;1-3-4-2;/h9-16,23,29,32H,1,7-8H2,2-5H3,(H,27,30,31);3H,1,4H2,2H3;1H. The SMILES string of the molecule is C=C=C(Nc1ccc(-c2cncc(C)n2)cc1)C(C)(CC)c1ccnc(NC(O)CC)n1.C=CCC.[HH]. The van der Waals surface area contributed by atoms with Gasteiger partial charge in [0, 0.05) is 25.1 Å². The van der Waals surface area contributed by atoms with Crippen molar-refractivity contribution in [3.63, 3.8) is 0 Å². The van der Waals surface area contributed by atoms with Crippen LogP contribution in [0, 0.1) is 6.92 Å². The summed E-state index contributed by atoms with van der Waals surface area (Å²) in [5.41, 5.74) is 7.84. The van der Waals surface area contributed by atoms with Crippen molar-refractivity contribution in [1.82, 2.24) is 19.9 Å². The maximum Gasteiger partial charge on any atom is 0.224 e. The Morgan fingerprint density at radius 1 is 1.17 bits per heavy atom. The highest BCUT2D eigenvalue weighted by Crippen LogP contribution is 2.35. The highest BCUT2D eigenvalue weighted by atomic mass is 16.3. The van der Waals surface area contributed by atoms with Crippen LogP contribution < -0.4 is 10.6 Å². The molecule has 0 radical (unpaired) electrons. The number of anilines is 2. The van der Waals surface area contributed by atoms with Gasteiger partial charge in [-0.2, -0.15) is 0 Å². The van der Waals surface area contributed by atoms with E-state index in [1.54, 1.807) is 18.6 Å². The summed E-state index contributed by atoms with van der Waals surface area (Å²) in [5, 5.41) is 16.3. The van der Waals surface area contributed by atoms with Crippen molar-refractivity contribution < 1.29 is 6.53 Å². The summed E-state index contributed by atoms with van der Waals surface area (Å²) in [4.78, 5) is 17.6. The molecule has 7 nitrogen and oxygen atoms in total. The highest BCUT2D eigenvalue weighted by molar-refractivity contribution is 5.63. The second-order valence-electron chi connectivity index (χ2n) is 8.52. The molecule has 3 N–H and O–H groups in total. The van der Waals surface area contributed by atoms with E-state index in [4.69, 9.17) is 0 Å². The van der Waals surface area contributed by atoms with Crippen LogP contribution >= 0.6 is 0 Å². The van der Waals surface area contributed by atoms with E-state index in [9.17, 15) is 5.11 Å². The van der Waals surface area contributed by atoms with Crippen LogP contribution in [0.2, 0.25) is 0 Å². The van der Waals surface area contributed by atoms with Gasteiger partial charge in [0.05, 0.1) is 34.4 Å². The smallest absolute Gasteiger partial charge is 0.224 e. The van der Waals surface area contributed by atoms with Gasteiger partial charge in [0.2, 0.25) is 5.95 Å². The van der Waals surface area contributed by atoms with Crippen LogP contribution in [0.15, 0.2) is 79.6 Å². The number of rotatable bonds is 10. The van der Waals surface area contributed by atoms with Gasteiger partial charge in [-0.25, -0.2) is 15.0 Å². The van der Waals surface area contributed by atoms with Gasteiger partial charge in [0.15, 0.2) is 0 Å². The van der Waals surface area contributed by atoms with Gasteiger partial charge in [-0.05, 0) is 51.3 Å². The second kappa shape index (κ2) is 13.9. The van der Waals surface area contributed by atoms with E-state index in [0.717, 1.165) is 46.9 Å². The second-order valence-corrected chi connectivity index (χ2v) is 8.52. The number of hydrogen-bond acceptors (Lipinski definition) is 7. The summed E-state index contributed by atoms with van der Waals surface area (Å²) in [7, 11) is 0. The molecule has 1 aromatic carbocycles. The van der Waals surface area contributed by atoms with Crippen molar-refractivity contribution in [2.45, 2.75) is 65.5 Å². The van der Waals surface area contributed by atoms with Crippen molar-refractivity contribution in [3.8, 4) is 11.3 Å². The molecule has 3 rings (SSSR count). The zero-order valence-corrected chi connectivity index (χ0v) is 22.0. The predicted molar refractivity (Wildman–Crippen MR) is 151 cm³/mol. The number of aryl methyl sites for hydroxylation is 1. The molecule has 0 aliphatic carbocycles. The minimum atomic E-state index is -0.692. The number of nitrogens with one attached hydrogen (secondary N) is 2. The molecule has 0 spiro atoms. The molecule has 3 aromatic rings. The first kappa shape index (κ1) is 28.4. The molecular formula is C29H40N6O. The number of aliphatic hydroxyl groups excluding tert-OH is 1. The molecule has 192 valence electrons. The van der Waals surface area contributed by atoms with Crippen LogP contribution in [-0.2, 0) is 5.41 Å². The van der Waals surface area contributed by atoms with Crippen molar-refractivity contribution in [1.29, 1.82) is 0 Å². The summed E-state index contributed by atoms with van der Waals surface area (Å²) in [6.07, 6.45) is 8.78. The third-order valence-electron chi connectivity index (χ3n) is 5.83. The van der Waals surface area contributed by atoms with Crippen LogP contribution in [0.1, 0.15) is 59.8 Å². The van der Waals surface area contributed by atoms with Gasteiger partial charge < -0.3 is 15.7 Å². The Morgan fingerprint density at radius 2 is 1.86 bits per heavy atom. The van der Waals surface area contributed by atoms with Gasteiger partial charge in [0.1, 0.15) is 6.23 Å². The summed E-state index contributed by atoms with van der Waals surface area (Å²) in [6, 6.07) is 9.89. The molecule has 7 heteroatoms. The lowest BCUT2D eigenvalue weighted by Gasteiger charge is -2.30. The fraction of sp³-hybridized carbons (Fsp3) is 0.345. The molecule has 2 unspecified atom stereocenters. The van der Waals surface area contributed by atoms with E-state index in [-0.39, 0.29) is 1.43 Å². The zero-order chi connectivity index (χ0) is 26.6. The molecule has 0 bridgehead atoms. The first-order valence-corrected chi connectivity index (χ1v) is 12.3. The van der Waals surface area contributed by atoms with E-state index in [1.165, 1.54) is 0 Å². The monoisotopic (exact) mass is 488 g/mol. The first-order valence-electron chi connectivity index (χ1n) is 12.3. The zero-order valence-electron chi connectivity index (χ0n) is 22.0. The Labute approximate surface area is 216 Å². The lowest BCUT2D eigenvalue weighted by Crippen LogP contribution is -2.30. The van der Waals surface area contributed by atoms with Crippen LogP contribution in [0.25, 0.3) is 11.3 Å². The Kier molecular flexibility index (Phi) is 11.0. The maximum absolute atomic E-state index is 9.89. The minimum Gasteiger partial charge on any atom is -0.374 e. The number of allylic oxidation sites excluding steroid dienone is 2. The summed E-state index contributed by atoms with van der Waals surface area (Å²) in [6.45, 7) is 17.4. The molecule has 0 saturated heterocycles. The molecule has 0 aliphatic rings. The van der Waals surface area contributed by atoms with Crippen molar-refractivity contribution in [2.75, 3.05) is 10.6 Å². The molecule has 0 aliphatic heterocycles. The average Bonchev–Trinajstić information content (AvgIpc) is 2.91. The van der Waals surface area contributed by atoms with E-state index in [0.29, 0.717) is 12.4 Å². The topological polar surface area (TPSA) is 95.9 Å². The fourth-order valence-corrected chi connectivity index (χ4v) is 3.32. The Bertz CT molecular complexity index is 1180. The molecule has 0 fully saturated rings. The molecule has 0 amide bonds. The lowest BCUT2D eigenvalue weighted by atomic mass is 9.80. The van der Waals surface area contributed by atoms with E-state index in [2.05, 4.69) is 70.2 Å².